The Balaban J connectivity index is 0.00000264. The minimum atomic E-state index is 0. The van der Waals surface area contributed by atoms with Gasteiger partial charge < -0.3 is 15.7 Å². The SMILES string of the molecule is CN=C(NCCc1cccs1)NCC(CO)c1ccccc1.I. The molecule has 126 valence electrons. The smallest absolute Gasteiger partial charge is 0.191 e. The van der Waals surface area contributed by atoms with E-state index >= 15 is 0 Å². The fourth-order valence-corrected chi connectivity index (χ4v) is 2.92. The molecular weight excluding hydrogens is 421 g/mol. The van der Waals surface area contributed by atoms with E-state index < -0.39 is 0 Å². The van der Waals surface area contributed by atoms with E-state index in [2.05, 4.69) is 33.1 Å². The molecule has 1 aromatic carbocycles. The first-order chi connectivity index (χ1) is 10.8. The van der Waals surface area contributed by atoms with Crippen molar-refractivity contribution in [3.63, 3.8) is 0 Å². The van der Waals surface area contributed by atoms with E-state index in [1.807, 2.05) is 30.3 Å². The largest absolute Gasteiger partial charge is 0.396 e. The summed E-state index contributed by atoms with van der Waals surface area (Å²) < 4.78 is 0. The average molecular weight is 445 g/mol. The molecule has 0 aliphatic carbocycles. The molecule has 0 spiro atoms. The predicted octanol–water partition coefficient (Wildman–Crippen LogP) is 2.85. The highest BCUT2D eigenvalue weighted by Crippen LogP contribution is 2.13. The molecule has 2 rings (SSSR count). The Morgan fingerprint density at radius 3 is 2.57 bits per heavy atom. The van der Waals surface area contributed by atoms with Crippen LogP contribution < -0.4 is 10.6 Å². The third kappa shape index (κ3) is 6.88. The summed E-state index contributed by atoms with van der Waals surface area (Å²) in [5.74, 6) is 0.836. The number of nitrogens with one attached hydrogen (secondary N) is 2. The summed E-state index contributed by atoms with van der Waals surface area (Å²) in [6.07, 6.45) is 0.987. The van der Waals surface area contributed by atoms with Gasteiger partial charge in [0.1, 0.15) is 0 Å². The van der Waals surface area contributed by atoms with Gasteiger partial charge in [0.2, 0.25) is 0 Å². The fourth-order valence-electron chi connectivity index (χ4n) is 2.21. The van der Waals surface area contributed by atoms with Crippen molar-refractivity contribution in [3.05, 3.63) is 58.3 Å². The second kappa shape index (κ2) is 11.4. The first kappa shape index (κ1) is 19.9. The van der Waals surface area contributed by atoms with Gasteiger partial charge in [-0.2, -0.15) is 0 Å². The van der Waals surface area contributed by atoms with Crippen LogP contribution in [0.5, 0.6) is 0 Å². The van der Waals surface area contributed by atoms with Crippen molar-refractivity contribution >= 4 is 41.3 Å². The number of aliphatic hydroxyl groups is 1. The molecule has 1 unspecified atom stereocenters. The maximum absolute atomic E-state index is 9.57. The number of hydrogen-bond acceptors (Lipinski definition) is 3. The lowest BCUT2D eigenvalue weighted by Gasteiger charge is -2.18. The van der Waals surface area contributed by atoms with Crippen LogP contribution in [0.1, 0.15) is 16.4 Å². The standard InChI is InChI=1S/C17H23N3OS.HI/c1-18-17(19-10-9-16-8-5-11-22-16)20-12-15(13-21)14-6-3-2-4-7-14;/h2-8,11,15,21H,9-10,12-13H2,1H3,(H2,18,19,20);1H. The highest BCUT2D eigenvalue weighted by atomic mass is 127. The molecule has 0 saturated carbocycles. The number of rotatable bonds is 7. The van der Waals surface area contributed by atoms with E-state index in [1.54, 1.807) is 18.4 Å². The van der Waals surface area contributed by atoms with Gasteiger partial charge >= 0.3 is 0 Å². The van der Waals surface area contributed by atoms with Crippen molar-refractivity contribution in [3.8, 4) is 0 Å². The number of nitrogens with zero attached hydrogens (tertiary/aromatic N) is 1. The van der Waals surface area contributed by atoms with Crippen LogP contribution in [0.2, 0.25) is 0 Å². The maximum atomic E-state index is 9.57. The van der Waals surface area contributed by atoms with E-state index in [9.17, 15) is 5.11 Å². The third-order valence-corrected chi connectivity index (χ3v) is 4.41. The zero-order valence-corrected chi connectivity index (χ0v) is 16.4. The Morgan fingerprint density at radius 2 is 1.96 bits per heavy atom. The molecule has 1 atom stereocenters. The molecule has 0 aliphatic heterocycles. The van der Waals surface area contributed by atoms with Gasteiger partial charge in [-0.15, -0.1) is 35.3 Å². The van der Waals surface area contributed by atoms with Gasteiger partial charge in [0.05, 0.1) is 6.61 Å². The molecular formula is C17H24IN3OS. The predicted molar refractivity (Wildman–Crippen MR) is 109 cm³/mol. The van der Waals surface area contributed by atoms with Crippen LogP contribution in [0, 0.1) is 0 Å². The average Bonchev–Trinajstić information content (AvgIpc) is 3.08. The summed E-state index contributed by atoms with van der Waals surface area (Å²) in [5, 5.41) is 18.2. The van der Waals surface area contributed by atoms with Crippen molar-refractivity contribution in [1.29, 1.82) is 0 Å². The number of guanidine groups is 1. The van der Waals surface area contributed by atoms with Crippen molar-refractivity contribution < 1.29 is 5.11 Å². The molecule has 0 radical (unpaired) electrons. The molecule has 4 nitrogen and oxygen atoms in total. The molecule has 2 aromatic rings. The molecule has 0 amide bonds. The monoisotopic (exact) mass is 445 g/mol. The Labute approximate surface area is 159 Å². The van der Waals surface area contributed by atoms with Gasteiger partial charge in [0.25, 0.3) is 0 Å². The number of benzene rings is 1. The van der Waals surface area contributed by atoms with Crippen LogP contribution in [0.15, 0.2) is 52.8 Å². The number of hydrogen-bond donors (Lipinski definition) is 3. The minimum Gasteiger partial charge on any atom is -0.396 e. The third-order valence-electron chi connectivity index (χ3n) is 3.47. The molecule has 0 bridgehead atoms. The molecule has 0 aliphatic rings. The first-order valence-electron chi connectivity index (χ1n) is 7.46. The van der Waals surface area contributed by atoms with E-state index in [-0.39, 0.29) is 36.5 Å². The number of thiophene rings is 1. The lowest BCUT2D eigenvalue weighted by Crippen LogP contribution is -2.40. The summed E-state index contributed by atoms with van der Waals surface area (Å²) in [7, 11) is 1.76. The first-order valence-corrected chi connectivity index (χ1v) is 8.34. The minimum absolute atomic E-state index is 0. The molecule has 1 heterocycles. The van der Waals surface area contributed by atoms with Crippen molar-refractivity contribution in [2.75, 3.05) is 26.7 Å². The van der Waals surface area contributed by atoms with Gasteiger partial charge in [-0.3, -0.25) is 4.99 Å². The van der Waals surface area contributed by atoms with Gasteiger partial charge in [-0.25, -0.2) is 0 Å². The van der Waals surface area contributed by atoms with E-state index in [0.717, 1.165) is 24.5 Å². The van der Waals surface area contributed by atoms with E-state index in [1.165, 1.54) is 4.88 Å². The Bertz CT molecular complexity index is 560. The van der Waals surface area contributed by atoms with Crippen molar-refractivity contribution in [1.82, 2.24) is 10.6 Å². The fraction of sp³-hybridized carbons (Fsp3) is 0.353. The molecule has 3 N–H and O–H groups in total. The number of aliphatic imine (C=N–C) groups is 1. The lowest BCUT2D eigenvalue weighted by atomic mass is 10.0. The van der Waals surface area contributed by atoms with Crippen LogP contribution in [-0.2, 0) is 6.42 Å². The second-order valence-electron chi connectivity index (χ2n) is 5.00. The van der Waals surface area contributed by atoms with E-state index in [0.29, 0.717) is 6.54 Å². The van der Waals surface area contributed by atoms with E-state index in [4.69, 9.17) is 0 Å². The summed E-state index contributed by atoms with van der Waals surface area (Å²) in [6, 6.07) is 14.2. The van der Waals surface area contributed by atoms with Gasteiger partial charge in [-0.05, 0) is 23.4 Å². The molecule has 6 heteroatoms. The highest BCUT2D eigenvalue weighted by Gasteiger charge is 2.10. The Kier molecular flexibility index (Phi) is 9.89. The summed E-state index contributed by atoms with van der Waals surface area (Å²) in [6.45, 7) is 1.61. The number of halogens is 1. The second-order valence-corrected chi connectivity index (χ2v) is 6.03. The van der Waals surface area contributed by atoms with Gasteiger partial charge in [-0.1, -0.05) is 36.4 Å². The van der Waals surface area contributed by atoms with Crippen LogP contribution in [0.25, 0.3) is 0 Å². The summed E-state index contributed by atoms with van der Waals surface area (Å²) >= 11 is 1.77. The highest BCUT2D eigenvalue weighted by molar-refractivity contribution is 14.0. The van der Waals surface area contributed by atoms with Crippen molar-refractivity contribution in [2.45, 2.75) is 12.3 Å². The maximum Gasteiger partial charge on any atom is 0.191 e. The van der Waals surface area contributed by atoms with Crippen LogP contribution >= 0.6 is 35.3 Å². The summed E-state index contributed by atoms with van der Waals surface area (Å²) in [5.41, 5.74) is 1.13. The van der Waals surface area contributed by atoms with Crippen LogP contribution in [0.4, 0.5) is 0 Å². The van der Waals surface area contributed by atoms with Gasteiger partial charge in [0.15, 0.2) is 5.96 Å². The molecule has 1 aromatic heterocycles. The molecule has 0 saturated heterocycles. The van der Waals surface area contributed by atoms with Gasteiger partial charge in [0, 0.05) is 30.9 Å². The molecule has 23 heavy (non-hydrogen) atoms. The molecule has 0 fully saturated rings. The zero-order chi connectivity index (χ0) is 15.6. The number of aliphatic hydroxyl groups excluding tert-OH is 1. The zero-order valence-electron chi connectivity index (χ0n) is 13.2. The summed E-state index contributed by atoms with van der Waals surface area (Å²) in [4.78, 5) is 5.58. The van der Waals surface area contributed by atoms with Crippen LogP contribution in [-0.4, -0.2) is 37.8 Å². The topological polar surface area (TPSA) is 56.7 Å². The Hall–Kier alpha value is -1.12. The van der Waals surface area contributed by atoms with Crippen molar-refractivity contribution in [2.24, 2.45) is 4.99 Å². The lowest BCUT2D eigenvalue weighted by molar-refractivity contribution is 0.265. The Morgan fingerprint density at radius 1 is 1.17 bits per heavy atom. The van der Waals surface area contributed by atoms with Crippen LogP contribution in [0.3, 0.4) is 0 Å². The quantitative estimate of drug-likeness (QED) is 0.349. The normalized spacial score (nSPS) is 12.3.